The third-order valence-corrected chi connectivity index (χ3v) is 0.715. The lowest BCUT2D eigenvalue weighted by atomic mass is 10.3. The maximum absolute atomic E-state index is 8.18. The van der Waals surface area contributed by atoms with Crippen molar-refractivity contribution in [2.24, 2.45) is 0 Å². The van der Waals surface area contributed by atoms with Crippen molar-refractivity contribution < 1.29 is 0 Å². The van der Waals surface area contributed by atoms with Crippen LogP contribution in [0.3, 0.4) is 0 Å². The van der Waals surface area contributed by atoms with E-state index in [1.54, 1.807) is 0 Å². The molecule has 0 heterocycles. The van der Waals surface area contributed by atoms with Crippen LogP contribution in [-0.2, 0) is 0 Å². The van der Waals surface area contributed by atoms with Gasteiger partial charge in [0.05, 0.1) is 6.20 Å². The van der Waals surface area contributed by atoms with Gasteiger partial charge < -0.3 is 0 Å². The number of nitrogens with zero attached hydrogens (tertiary/aromatic N) is 5. The summed E-state index contributed by atoms with van der Waals surface area (Å²) in [5.74, 6) is 0. The predicted octanol–water partition coefficient (Wildman–Crippen LogP) is 0.182. The zero-order chi connectivity index (χ0) is 8.69. The van der Waals surface area contributed by atoms with E-state index in [2.05, 4.69) is 0 Å². The van der Waals surface area contributed by atoms with Crippen molar-refractivity contribution in [1.82, 2.24) is 4.90 Å². The van der Waals surface area contributed by atoms with Crippen LogP contribution in [0.25, 0.3) is 0 Å². The molecule has 5 heteroatoms. The van der Waals surface area contributed by atoms with Crippen molar-refractivity contribution in [3.8, 4) is 24.5 Å². The zero-order valence-electron chi connectivity index (χ0n) is 5.31. The van der Waals surface area contributed by atoms with Gasteiger partial charge in [0.2, 0.25) is 0 Å². The third kappa shape index (κ3) is 2.51. The summed E-state index contributed by atoms with van der Waals surface area (Å²) in [6, 6.07) is 3.01. The maximum Gasteiger partial charge on any atom is 0.198 e. The molecule has 0 saturated heterocycles. The van der Waals surface area contributed by atoms with Crippen LogP contribution < -0.4 is 0 Å². The van der Waals surface area contributed by atoms with Crippen LogP contribution in [0, 0.1) is 45.6 Å². The van der Waals surface area contributed by atoms with E-state index in [-0.39, 0.29) is 5.57 Å². The standard InChI is InChI=1S/C6HN5/c7-1-6(2-8)3-11(4-9)5-10/h3H. The molecule has 0 aromatic carbocycles. The van der Waals surface area contributed by atoms with E-state index in [0.29, 0.717) is 4.90 Å². The van der Waals surface area contributed by atoms with Crippen LogP contribution in [0.2, 0.25) is 0 Å². The first-order valence-electron chi connectivity index (χ1n) is 2.39. The molecule has 0 aliphatic rings. The van der Waals surface area contributed by atoms with Gasteiger partial charge in [-0.2, -0.15) is 25.9 Å². The Morgan fingerprint density at radius 1 is 1.00 bits per heavy atom. The Labute approximate surface area is 63.2 Å². The highest BCUT2D eigenvalue weighted by Crippen LogP contribution is 1.92. The lowest BCUT2D eigenvalue weighted by Crippen LogP contribution is -2.00. The quantitative estimate of drug-likeness (QED) is 0.296. The largest absolute Gasteiger partial charge is 0.198 e. The molecule has 0 saturated carbocycles. The summed E-state index contributed by atoms with van der Waals surface area (Å²) >= 11 is 0. The lowest BCUT2D eigenvalue weighted by molar-refractivity contribution is 0.736. The summed E-state index contributed by atoms with van der Waals surface area (Å²) < 4.78 is 0. The highest BCUT2D eigenvalue weighted by molar-refractivity contribution is 5.35. The van der Waals surface area contributed by atoms with Crippen LogP contribution in [0.15, 0.2) is 11.8 Å². The van der Waals surface area contributed by atoms with Crippen LogP contribution in [0.5, 0.6) is 0 Å². The van der Waals surface area contributed by atoms with Gasteiger partial charge in [-0.3, -0.25) is 0 Å². The highest BCUT2D eigenvalue weighted by atomic mass is 15.1. The summed E-state index contributed by atoms with van der Waals surface area (Å²) in [5.41, 5.74) is -0.284. The van der Waals surface area contributed by atoms with E-state index >= 15 is 0 Å². The second kappa shape index (κ2) is 4.39. The molecule has 0 rings (SSSR count). The van der Waals surface area contributed by atoms with Gasteiger partial charge in [0.25, 0.3) is 0 Å². The first-order valence-corrected chi connectivity index (χ1v) is 2.39. The molecule has 0 aliphatic carbocycles. The molecule has 0 aromatic heterocycles. The average molecular weight is 143 g/mol. The molecule has 0 unspecified atom stereocenters. The van der Waals surface area contributed by atoms with E-state index < -0.39 is 0 Å². The minimum atomic E-state index is -0.284. The van der Waals surface area contributed by atoms with Crippen LogP contribution in [-0.4, -0.2) is 4.90 Å². The minimum absolute atomic E-state index is 0.284. The molecule has 0 radical (unpaired) electrons. The van der Waals surface area contributed by atoms with Gasteiger partial charge in [0.1, 0.15) is 17.7 Å². The fourth-order valence-corrected chi connectivity index (χ4v) is 0.292. The number of rotatable bonds is 1. The summed E-state index contributed by atoms with van der Waals surface area (Å²) in [5, 5.41) is 32.7. The Balaban J connectivity index is 4.62. The summed E-state index contributed by atoms with van der Waals surface area (Å²) in [7, 11) is 0. The first-order chi connectivity index (χ1) is 5.28. The maximum atomic E-state index is 8.18. The monoisotopic (exact) mass is 143 g/mol. The molecule has 0 aromatic rings. The molecular formula is C6HN5. The summed E-state index contributed by atoms with van der Waals surface area (Å²) in [6.45, 7) is 0. The molecule has 0 fully saturated rings. The number of hydrogen-bond acceptors (Lipinski definition) is 5. The molecule has 0 N–H and O–H groups in total. The zero-order valence-corrected chi connectivity index (χ0v) is 5.31. The van der Waals surface area contributed by atoms with Gasteiger partial charge in [-0.1, -0.05) is 0 Å². The van der Waals surface area contributed by atoms with Crippen molar-refractivity contribution in [2.45, 2.75) is 0 Å². The highest BCUT2D eigenvalue weighted by Gasteiger charge is 1.97. The van der Waals surface area contributed by atoms with Crippen LogP contribution in [0.1, 0.15) is 0 Å². The first kappa shape index (κ1) is 8.50. The third-order valence-electron chi connectivity index (χ3n) is 0.715. The molecule has 0 aliphatic heterocycles. The minimum Gasteiger partial charge on any atom is -0.192 e. The Morgan fingerprint density at radius 3 is 1.73 bits per heavy atom. The number of nitriles is 4. The van der Waals surface area contributed by atoms with E-state index in [0.717, 1.165) is 6.20 Å². The Kier molecular flexibility index (Phi) is 3.39. The molecule has 11 heavy (non-hydrogen) atoms. The number of allylic oxidation sites excluding steroid dienone is 1. The molecule has 0 bridgehead atoms. The van der Waals surface area contributed by atoms with Crippen molar-refractivity contribution >= 4 is 0 Å². The smallest absolute Gasteiger partial charge is 0.192 e. The molecular weight excluding hydrogens is 142 g/mol. The summed E-state index contributed by atoms with van der Waals surface area (Å²) in [6.07, 6.45) is 3.75. The number of hydrogen-bond donors (Lipinski definition) is 0. The van der Waals surface area contributed by atoms with Crippen molar-refractivity contribution in [3.05, 3.63) is 11.8 Å². The van der Waals surface area contributed by atoms with E-state index in [4.69, 9.17) is 21.0 Å². The molecule has 5 nitrogen and oxygen atoms in total. The summed E-state index contributed by atoms with van der Waals surface area (Å²) in [4.78, 5) is 0.516. The van der Waals surface area contributed by atoms with Gasteiger partial charge in [-0.05, 0) is 0 Å². The second-order valence-electron chi connectivity index (χ2n) is 1.34. The van der Waals surface area contributed by atoms with E-state index in [1.165, 1.54) is 24.5 Å². The molecule has 0 atom stereocenters. The van der Waals surface area contributed by atoms with Crippen molar-refractivity contribution in [2.75, 3.05) is 0 Å². The average Bonchev–Trinajstić information content (AvgIpc) is 2.07. The molecule has 0 spiro atoms. The van der Waals surface area contributed by atoms with Crippen molar-refractivity contribution in [1.29, 1.82) is 21.0 Å². The molecule has 50 valence electrons. The van der Waals surface area contributed by atoms with Gasteiger partial charge in [-0.15, -0.1) is 0 Å². The fraction of sp³-hybridized carbons (Fsp3) is 0. The SMILES string of the molecule is N#CC(C#N)=CN(C#N)C#N. The van der Waals surface area contributed by atoms with Crippen molar-refractivity contribution in [3.63, 3.8) is 0 Å². The van der Waals surface area contributed by atoms with Crippen LogP contribution in [0.4, 0.5) is 0 Å². The molecule has 0 amide bonds. The van der Waals surface area contributed by atoms with Crippen LogP contribution >= 0.6 is 0 Å². The fourth-order valence-electron chi connectivity index (χ4n) is 0.292. The van der Waals surface area contributed by atoms with Gasteiger partial charge >= 0.3 is 0 Å². The van der Waals surface area contributed by atoms with E-state index in [1.807, 2.05) is 0 Å². The predicted molar refractivity (Wildman–Crippen MR) is 32.4 cm³/mol. The normalized spacial score (nSPS) is 5.82. The lowest BCUT2D eigenvalue weighted by Gasteiger charge is -1.91. The van der Waals surface area contributed by atoms with E-state index in [9.17, 15) is 0 Å². The van der Waals surface area contributed by atoms with Gasteiger partial charge in [-0.25, -0.2) is 0 Å². The van der Waals surface area contributed by atoms with Gasteiger partial charge in [0, 0.05) is 0 Å². The Morgan fingerprint density at radius 2 is 1.45 bits per heavy atom. The Hall–Kier alpha value is -2.50. The second-order valence-corrected chi connectivity index (χ2v) is 1.34. The topological polar surface area (TPSA) is 98.4 Å². The van der Waals surface area contributed by atoms with Gasteiger partial charge in [0.15, 0.2) is 12.4 Å². The Bertz CT molecular complexity index is 296.